The van der Waals surface area contributed by atoms with Crippen LogP contribution >= 0.6 is 15.9 Å². The van der Waals surface area contributed by atoms with Gasteiger partial charge in [0, 0.05) is 28.4 Å². The van der Waals surface area contributed by atoms with E-state index in [2.05, 4.69) is 21.2 Å². The van der Waals surface area contributed by atoms with Crippen molar-refractivity contribution in [2.45, 2.75) is 19.8 Å². The quantitative estimate of drug-likeness (QED) is 0.868. The summed E-state index contributed by atoms with van der Waals surface area (Å²) >= 11 is 3.50. The molecule has 0 atom stereocenters. The number of fused-ring (bicyclic) bond motifs is 2. The predicted molar refractivity (Wildman–Crippen MR) is 91.7 cm³/mol. The Morgan fingerprint density at radius 3 is 2.83 bits per heavy atom. The zero-order valence-electron chi connectivity index (χ0n) is 12.7. The third-order valence-electron chi connectivity index (χ3n) is 4.25. The van der Waals surface area contributed by atoms with Crippen LogP contribution < -0.4 is 14.8 Å². The van der Waals surface area contributed by atoms with E-state index in [1.54, 1.807) is 0 Å². The largest absolute Gasteiger partial charge is 0.493 e. The third-order valence-corrected chi connectivity index (χ3v) is 4.91. The van der Waals surface area contributed by atoms with E-state index in [0.717, 1.165) is 51.2 Å². The summed E-state index contributed by atoms with van der Waals surface area (Å²) in [7, 11) is 0. The Labute approximate surface area is 142 Å². The maximum atomic E-state index is 12.9. The molecule has 0 fully saturated rings. The molecule has 2 aromatic rings. The number of anilines is 1. The lowest BCUT2D eigenvalue weighted by atomic mass is 9.99. The van der Waals surface area contributed by atoms with Crippen molar-refractivity contribution in [2.24, 2.45) is 0 Å². The smallest absolute Gasteiger partial charge is 0.259 e. The van der Waals surface area contributed by atoms with Crippen molar-refractivity contribution >= 4 is 27.5 Å². The molecule has 0 unspecified atom stereocenters. The van der Waals surface area contributed by atoms with Crippen LogP contribution in [-0.4, -0.2) is 19.1 Å². The van der Waals surface area contributed by atoms with Crippen molar-refractivity contribution in [1.82, 2.24) is 0 Å². The number of aryl methyl sites for hydroxylation is 1. The molecule has 4 nitrogen and oxygen atoms in total. The molecular weight excluding hydrogens is 358 g/mol. The van der Waals surface area contributed by atoms with Gasteiger partial charge in [-0.25, -0.2) is 0 Å². The van der Waals surface area contributed by atoms with Crippen LogP contribution in [0.15, 0.2) is 28.7 Å². The zero-order chi connectivity index (χ0) is 16.0. The second kappa shape index (κ2) is 5.57. The molecule has 0 aliphatic carbocycles. The molecule has 2 aliphatic rings. The van der Waals surface area contributed by atoms with E-state index in [9.17, 15) is 4.79 Å². The summed E-state index contributed by atoms with van der Waals surface area (Å²) < 4.78 is 12.3. The van der Waals surface area contributed by atoms with Crippen LogP contribution in [0.4, 0.5) is 5.69 Å². The first-order valence-corrected chi connectivity index (χ1v) is 8.44. The highest BCUT2D eigenvalue weighted by Gasteiger charge is 2.30. The van der Waals surface area contributed by atoms with E-state index in [-0.39, 0.29) is 5.91 Å². The molecule has 118 valence electrons. The van der Waals surface area contributed by atoms with Gasteiger partial charge in [0.05, 0.1) is 24.5 Å². The molecule has 0 aromatic heterocycles. The molecule has 0 saturated carbocycles. The molecule has 1 amide bonds. The Morgan fingerprint density at radius 2 is 2.00 bits per heavy atom. The van der Waals surface area contributed by atoms with Crippen molar-refractivity contribution in [3.05, 3.63) is 51.0 Å². The SMILES string of the molecule is Cc1ccc(NC(=O)c2c3c(cc4c2OCC4)OCC3)c(Br)c1. The standard InChI is InChI=1S/C18H16BrNO3/c1-10-2-3-14(13(19)8-10)20-18(21)16-12-5-7-22-15(12)9-11-4-6-23-17(11)16/h2-3,8-9H,4-7H2,1H3,(H,20,21). The number of nitrogens with one attached hydrogen (secondary N) is 1. The van der Waals surface area contributed by atoms with Crippen molar-refractivity contribution in [3.8, 4) is 11.5 Å². The second-order valence-electron chi connectivity index (χ2n) is 5.85. The van der Waals surface area contributed by atoms with Crippen molar-refractivity contribution in [2.75, 3.05) is 18.5 Å². The number of hydrogen-bond donors (Lipinski definition) is 1. The number of ether oxygens (including phenoxy) is 2. The Balaban J connectivity index is 1.74. The van der Waals surface area contributed by atoms with Gasteiger partial charge in [-0.05, 0) is 46.6 Å². The van der Waals surface area contributed by atoms with Gasteiger partial charge >= 0.3 is 0 Å². The number of amides is 1. The van der Waals surface area contributed by atoms with Gasteiger partial charge in [-0.1, -0.05) is 6.07 Å². The van der Waals surface area contributed by atoms with Crippen LogP contribution in [0.3, 0.4) is 0 Å². The second-order valence-corrected chi connectivity index (χ2v) is 6.71. The molecule has 0 bridgehead atoms. The topological polar surface area (TPSA) is 47.6 Å². The molecule has 4 rings (SSSR count). The summed E-state index contributed by atoms with van der Waals surface area (Å²) in [4.78, 5) is 12.9. The monoisotopic (exact) mass is 373 g/mol. The Kier molecular flexibility index (Phi) is 3.53. The molecule has 2 aromatic carbocycles. The van der Waals surface area contributed by atoms with Crippen LogP contribution in [0.5, 0.6) is 11.5 Å². The molecule has 23 heavy (non-hydrogen) atoms. The fourth-order valence-corrected chi connectivity index (χ4v) is 3.72. The Bertz CT molecular complexity index is 784. The van der Waals surface area contributed by atoms with Crippen LogP contribution in [0.25, 0.3) is 0 Å². The average Bonchev–Trinajstić information content (AvgIpc) is 3.15. The number of halogens is 1. The summed E-state index contributed by atoms with van der Waals surface area (Å²) in [5, 5.41) is 2.99. The molecule has 0 radical (unpaired) electrons. The third kappa shape index (κ3) is 2.49. The summed E-state index contributed by atoms with van der Waals surface area (Å²) in [5.74, 6) is 1.40. The van der Waals surface area contributed by atoms with Gasteiger partial charge in [-0.2, -0.15) is 0 Å². The van der Waals surface area contributed by atoms with Crippen LogP contribution in [0.1, 0.15) is 27.0 Å². The predicted octanol–water partition coefficient (Wildman–Crippen LogP) is 3.88. The minimum atomic E-state index is -0.143. The fourth-order valence-electron chi connectivity index (χ4n) is 3.13. The van der Waals surface area contributed by atoms with Gasteiger partial charge in [0.1, 0.15) is 11.5 Å². The average molecular weight is 374 g/mol. The number of hydrogen-bond acceptors (Lipinski definition) is 3. The highest BCUT2D eigenvalue weighted by atomic mass is 79.9. The molecule has 0 saturated heterocycles. The minimum absolute atomic E-state index is 0.143. The highest BCUT2D eigenvalue weighted by Crippen LogP contribution is 2.41. The first kappa shape index (κ1) is 14.6. The number of rotatable bonds is 2. The lowest BCUT2D eigenvalue weighted by Gasteiger charge is -2.14. The molecule has 5 heteroatoms. The number of carbonyl (C=O) groups is 1. The van der Waals surface area contributed by atoms with Crippen LogP contribution in [-0.2, 0) is 12.8 Å². The van der Waals surface area contributed by atoms with E-state index >= 15 is 0 Å². The van der Waals surface area contributed by atoms with Crippen LogP contribution in [0.2, 0.25) is 0 Å². The van der Waals surface area contributed by atoms with Gasteiger partial charge in [0.2, 0.25) is 0 Å². The van der Waals surface area contributed by atoms with E-state index < -0.39 is 0 Å². The first-order chi connectivity index (χ1) is 11.1. The van der Waals surface area contributed by atoms with Crippen molar-refractivity contribution < 1.29 is 14.3 Å². The fraction of sp³-hybridized carbons (Fsp3) is 0.278. The maximum absolute atomic E-state index is 12.9. The maximum Gasteiger partial charge on any atom is 0.259 e. The summed E-state index contributed by atoms with van der Waals surface area (Å²) in [6.45, 7) is 3.25. The number of carbonyl (C=O) groups excluding carboxylic acids is 1. The van der Waals surface area contributed by atoms with Crippen molar-refractivity contribution in [1.29, 1.82) is 0 Å². The minimum Gasteiger partial charge on any atom is -0.493 e. The Morgan fingerprint density at radius 1 is 1.17 bits per heavy atom. The van der Waals surface area contributed by atoms with Crippen LogP contribution in [0, 0.1) is 6.92 Å². The van der Waals surface area contributed by atoms with Gasteiger partial charge in [-0.3, -0.25) is 4.79 Å². The van der Waals surface area contributed by atoms with Gasteiger partial charge in [0.25, 0.3) is 5.91 Å². The summed E-state index contributed by atoms with van der Waals surface area (Å²) in [6, 6.07) is 7.87. The van der Waals surface area contributed by atoms with E-state index in [1.807, 2.05) is 31.2 Å². The van der Waals surface area contributed by atoms with E-state index in [0.29, 0.717) is 18.8 Å². The van der Waals surface area contributed by atoms with E-state index in [1.165, 1.54) is 0 Å². The zero-order valence-corrected chi connectivity index (χ0v) is 14.3. The molecule has 2 heterocycles. The van der Waals surface area contributed by atoms with E-state index in [4.69, 9.17) is 9.47 Å². The molecule has 1 N–H and O–H groups in total. The number of benzene rings is 2. The molecule has 0 spiro atoms. The molecular formula is C18H16BrNO3. The summed E-state index contributed by atoms with van der Waals surface area (Å²) in [6.07, 6.45) is 1.56. The van der Waals surface area contributed by atoms with Gasteiger partial charge < -0.3 is 14.8 Å². The lowest BCUT2D eigenvalue weighted by Crippen LogP contribution is -2.15. The summed E-state index contributed by atoms with van der Waals surface area (Å²) in [5.41, 5.74) is 4.52. The normalized spacial score (nSPS) is 14.7. The van der Waals surface area contributed by atoms with Crippen molar-refractivity contribution in [3.63, 3.8) is 0 Å². The molecule has 2 aliphatic heterocycles. The highest BCUT2D eigenvalue weighted by molar-refractivity contribution is 9.10. The van der Waals surface area contributed by atoms with Gasteiger partial charge in [-0.15, -0.1) is 0 Å². The van der Waals surface area contributed by atoms with Gasteiger partial charge in [0.15, 0.2) is 0 Å². The lowest BCUT2D eigenvalue weighted by molar-refractivity contribution is 0.102. The Hall–Kier alpha value is -2.01. The first-order valence-electron chi connectivity index (χ1n) is 7.65.